The molecule has 0 fully saturated rings. The van der Waals surface area contributed by atoms with Gasteiger partial charge in [0.2, 0.25) is 0 Å². The summed E-state index contributed by atoms with van der Waals surface area (Å²) in [6, 6.07) is 19.9. The second-order valence-corrected chi connectivity index (χ2v) is 6.89. The van der Waals surface area contributed by atoms with Crippen LogP contribution in [0, 0.1) is 0 Å². The first-order valence-electron chi connectivity index (χ1n) is 8.54. The zero-order chi connectivity index (χ0) is 19.1. The number of carbonyl (C=O) groups is 2. The normalized spacial score (nSPS) is 11.4. The minimum Gasteiger partial charge on any atom is -0.483 e. The lowest BCUT2D eigenvalue weighted by Gasteiger charge is -2.14. The molecule has 0 saturated carbocycles. The van der Waals surface area contributed by atoms with Crippen LogP contribution >= 0.6 is 11.3 Å². The van der Waals surface area contributed by atoms with Crippen LogP contribution in [-0.2, 0) is 4.79 Å². The predicted octanol–water partition coefficient (Wildman–Crippen LogP) is 4.26. The fourth-order valence-corrected chi connectivity index (χ4v) is 3.27. The van der Waals surface area contributed by atoms with Crippen LogP contribution in [0.2, 0.25) is 0 Å². The molecule has 1 aromatic heterocycles. The van der Waals surface area contributed by atoms with Crippen LogP contribution in [0.3, 0.4) is 0 Å². The number of benzene rings is 2. The van der Waals surface area contributed by atoms with Gasteiger partial charge >= 0.3 is 0 Å². The Kier molecular flexibility index (Phi) is 6.22. The lowest BCUT2D eigenvalue weighted by Crippen LogP contribution is -2.31. The maximum absolute atomic E-state index is 12.5. The van der Waals surface area contributed by atoms with Gasteiger partial charge in [0.15, 0.2) is 6.61 Å². The lowest BCUT2D eigenvalue weighted by atomic mass is 10.2. The van der Waals surface area contributed by atoms with Crippen LogP contribution in [0.5, 0.6) is 5.75 Å². The molecule has 27 heavy (non-hydrogen) atoms. The molecule has 1 heterocycles. The van der Waals surface area contributed by atoms with Crippen molar-refractivity contribution in [1.82, 2.24) is 5.32 Å². The maximum Gasteiger partial charge on any atom is 0.259 e. The Bertz CT molecular complexity index is 895. The summed E-state index contributed by atoms with van der Waals surface area (Å²) in [5.41, 5.74) is 1.07. The Morgan fingerprint density at radius 1 is 1.00 bits per heavy atom. The minimum absolute atomic E-state index is 0.0854. The molecular weight excluding hydrogens is 360 g/mol. The molecule has 2 aromatic carbocycles. The second kappa shape index (κ2) is 9.00. The topological polar surface area (TPSA) is 67.4 Å². The van der Waals surface area contributed by atoms with Gasteiger partial charge in [-0.15, -0.1) is 11.3 Å². The van der Waals surface area contributed by atoms with Gasteiger partial charge in [-0.2, -0.15) is 0 Å². The van der Waals surface area contributed by atoms with E-state index in [0.29, 0.717) is 17.0 Å². The van der Waals surface area contributed by atoms with Crippen LogP contribution in [0.1, 0.15) is 28.2 Å². The molecule has 2 amide bonds. The van der Waals surface area contributed by atoms with E-state index in [1.165, 1.54) is 0 Å². The van der Waals surface area contributed by atoms with Gasteiger partial charge in [-0.25, -0.2) is 0 Å². The van der Waals surface area contributed by atoms with Gasteiger partial charge < -0.3 is 15.4 Å². The third kappa shape index (κ3) is 5.18. The molecule has 3 rings (SSSR count). The highest BCUT2D eigenvalue weighted by Crippen LogP contribution is 2.20. The van der Waals surface area contributed by atoms with Crippen molar-refractivity contribution in [3.8, 4) is 5.75 Å². The van der Waals surface area contributed by atoms with Crippen molar-refractivity contribution >= 4 is 28.8 Å². The first kappa shape index (κ1) is 18.7. The number of carbonyl (C=O) groups excluding carboxylic acids is 2. The Balaban J connectivity index is 1.60. The van der Waals surface area contributed by atoms with E-state index < -0.39 is 0 Å². The smallest absolute Gasteiger partial charge is 0.259 e. The third-order valence-corrected chi connectivity index (χ3v) is 4.92. The number of ether oxygens (including phenoxy) is 1. The van der Waals surface area contributed by atoms with Crippen LogP contribution in [0.15, 0.2) is 72.1 Å². The Morgan fingerprint density at radius 2 is 1.74 bits per heavy atom. The van der Waals surface area contributed by atoms with E-state index in [0.717, 1.165) is 4.88 Å². The summed E-state index contributed by atoms with van der Waals surface area (Å²) in [7, 11) is 0. The summed E-state index contributed by atoms with van der Waals surface area (Å²) in [4.78, 5) is 25.8. The van der Waals surface area contributed by atoms with E-state index in [9.17, 15) is 9.59 Å². The molecule has 0 bridgehead atoms. The Morgan fingerprint density at radius 3 is 2.48 bits per heavy atom. The van der Waals surface area contributed by atoms with Crippen molar-refractivity contribution in [1.29, 1.82) is 0 Å². The molecule has 3 aromatic rings. The molecule has 0 unspecified atom stereocenters. The number of rotatable bonds is 7. The van der Waals surface area contributed by atoms with Gasteiger partial charge in [-0.1, -0.05) is 36.4 Å². The van der Waals surface area contributed by atoms with Gasteiger partial charge in [0.05, 0.1) is 11.6 Å². The number of hydrogen-bond donors (Lipinski definition) is 2. The van der Waals surface area contributed by atoms with Gasteiger partial charge in [0, 0.05) is 10.6 Å². The van der Waals surface area contributed by atoms with E-state index in [1.807, 2.05) is 42.6 Å². The zero-order valence-electron chi connectivity index (χ0n) is 14.8. The molecule has 138 valence electrons. The SMILES string of the molecule is C[C@H](NC(=O)COc1ccccc1C(=O)Nc1ccccc1)c1cccs1. The van der Waals surface area contributed by atoms with E-state index in [2.05, 4.69) is 10.6 Å². The van der Waals surface area contributed by atoms with Crippen LogP contribution < -0.4 is 15.4 Å². The summed E-state index contributed by atoms with van der Waals surface area (Å²) in [6.45, 7) is 1.76. The molecule has 1 atom stereocenters. The molecule has 0 saturated heterocycles. The monoisotopic (exact) mass is 380 g/mol. The summed E-state index contributed by atoms with van der Waals surface area (Å²) < 4.78 is 5.61. The van der Waals surface area contributed by atoms with Crippen molar-refractivity contribution in [2.75, 3.05) is 11.9 Å². The summed E-state index contributed by atoms with van der Waals surface area (Å²) in [5, 5.41) is 7.67. The van der Waals surface area contributed by atoms with E-state index in [-0.39, 0.29) is 24.5 Å². The first-order chi connectivity index (χ1) is 13.1. The van der Waals surface area contributed by atoms with Crippen molar-refractivity contribution < 1.29 is 14.3 Å². The van der Waals surface area contributed by atoms with Crippen LogP contribution in [-0.4, -0.2) is 18.4 Å². The van der Waals surface area contributed by atoms with Crippen molar-refractivity contribution in [2.45, 2.75) is 13.0 Å². The minimum atomic E-state index is -0.288. The highest BCUT2D eigenvalue weighted by atomic mass is 32.1. The standard InChI is InChI=1S/C21H20N2O3S/c1-15(19-12-7-13-27-19)22-20(24)14-26-18-11-6-5-10-17(18)21(25)23-16-8-3-2-4-9-16/h2-13,15H,14H2,1H3,(H,22,24)(H,23,25)/t15-/m0/s1. The Hall–Kier alpha value is -3.12. The average molecular weight is 380 g/mol. The summed E-state index contributed by atoms with van der Waals surface area (Å²) in [6.07, 6.45) is 0. The molecule has 0 spiro atoms. The number of thiophene rings is 1. The number of para-hydroxylation sites is 2. The maximum atomic E-state index is 12.5. The fraction of sp³-hybridized carbons (Fsp3) is 0.143. The molecular formula is C21H20N2O3S. The molecule has 2 N–H and O–H groups in total. The van der Waals surface area contributed by atoms with Crippen molar-refractivity contribution in [3.05, 3.63) is 82.6 Å². The fourth-order valence-electron chi connectivity index (χ4n) is 2.54. The molecule has 0 aliphatic heterocycles. The van der Waals surface area contributed by atoms with Gasteiger partial charge in [0.1, 0.15) is 5.75 Å². The lowest BCUT2D eigenvalue weighted by molar-refractivity contribution is -0.123. The summed E-state index contributed by atoms with van der Waals surface area (Å²) >= 11 is 1.59. The number of nitrogens with one attached hydrogen (secondary N) is 2. The second-order valence-electron chi connectivity index (χ2n) is 5.91. The van der Waals surface area contributed by atoms with Crippen molar-refractivity contribution in [2.24, 2.45) is 0 Å². The summed E-state index contributed by atoms with van der Waals surface area (Å²) in [5.74, 6) is -0.164. The largest absolute Gasteiger partial charge is 0.483 e. The molecule has 6 heteroatoms. The number of hydrogen-bond acceptors (Lipinski definition) is 4. The third-order valence-electron chi connectivity index (χ3n) is 3.87. The predicted molar refractivity (Wildman–Crippen MR) is 107 cm³/mol. The zero-order valence-corrected chi connectivity index (χ0v) is 15.7. The highest BCUT2D eigenvalue weighted by molar-refractivity contribution is 7.10. The van der Waals surface area contributed by atoms with Gasteiger partial charge in [-0.3, -0.25) is 9.59 Å². The van der Waals surface area contributed by atoms with Gasteiger partial charge in [0.25, 0.3) is 11.8 Å². The first-order valence-corrected chi connectivity index (χ1v) is 9.42. The van der Waals surface area contributed by atoms with Crippen LogP contribution in [0.4, 0.5) is 5.69 Å². The molecule has 0 radical (unpaired) electrons. The van der Waals surface area contributed by atoms with E-state index >= 15 is 0 Å². The quantitative estimate of drug-likeness (QED) is 0.644. The highest BCUT2D eigenvalue weighted by Gasteiger charge is 2.15. The molecule has 0 aliphatic carbocycles. The molecule has 0 aliphatic rings. The average Bonchev–Trinajstić information content (AvgIpc) is 3.22. The van der Waals surface area contributed by atoms with E-state index in [4.69, 9.17) is 4.74 Å². The van der Waals surface area contributed by atoms with Crippen molar-refractivity contribution in [3.63, 3.8) is 0 Å². The van der Waals surface area contributed by atoms with E-state index in [1.54, 1.807) is 47.7 Å². The number of amides is 2. The Labute approximate surface area is 162 Å². The molecule has 5 nitrogen and oxygen atoms in total. The van der Waals surface area contributed by atoms with Crippen LogP contribution in [0.25, 0.3) is 0 Å². The number of anilines is 1. The van der Waals surface area contributed by atoms with Gasteiger partial charge in [-0.05, 0) is 42.6 Å².